The first kappa shape index (κ1) is 14.3. The molecule has 2 heteroatoms. The molecule has 0 aromatic carbocycles. The number of hydrogen-bond donors (Lipinski definition) is 0. The number of rotatable bonds is 7. The van der Waals surface area contributed by atoms with Gasteiger partial charge < -0.3 is 4.90 Å². The molecule has 0 bridgehead atoms. The lowest BCUT2D eigenvalue weighted by Gasteiger charge is -2.21. The molecule has 0 spiro atoms. The molecule has 0 unspecified atom stereocenters. The quantitative estimate of drug-likeness (QED) is 0.601. The van der Waals surface area contributed by atoms with Crippen molar-refractivity contribution < 1.29 is 0 Å². The minimum atomic E-state index is 0.500. The zero-order valence-corrected chi connectivity index (χ0v) is 11.4. The fourth-order valence-electron chi connectivity index (χ4n) is 1.47. The largest absolute Gasteiger partial charge is 0.306 e. The van der Waals surface area contributed by atoms with Crippen LogP contribution in [-0.2, 0) is 0 Å². The Balaban J connectivity index is 3.31. The maximum atomic E-state index is 2.46. The van der Waals surface area contributed by atoms with Gasteiger partial charge in [-0.3, -0.25) is 0 Å². The normalized spacial score (nSPS) is 12.4. The smallest absolute Gasteiger partial charge is 0.00139 e. The molecule has 0 radical (unpaired) electrons. The molecule has 0 aliphatic carbocycles. The van der Waals surface area contributed by atoms with Gasteiger partial charge in [-0.1, -0.05) is 20.8 Å². The third-order valence-corrected chi connectivity index (χ3v) is 3.05. The van der Waals surface area contributed by atoms with Crippen LogP contribution in [0.15, 0.2) is 0 Å². The van der Waals surface area contributed by atoms with E-state index in [0.717, 1.165) is 0 Å². The zero-order valence-electron chi connectivity index (χ0n) is 10.6. The predicted molar refractivity (Wildman–Crippen MR) is 69.2 cm³/mol. The molecule has 0 saturated carbocycles. The monoisotopic (exact) mass is 217 g/mol. The SMILES string of the molecule is CSCCCN(C)CCCC(C)(C)C. The summed E-state index contributed by atoms with van der Waals surface area (Å²) in [5.74, 6) is 1.30. The second-order valence-electron chi connectivity index (χ2n) is 5.31. The Hall–Kier alpha value is 0.310. The van der Waals surface area contributed by atoms with Crippen LogP contribution in [0, 0.1) is 5.41 Å². The summed E-state index contributed by atoms with van der Waals surface area (Å²) < 4.78 is 0. The van der Waals surface area contributed by atoms with Crippen molar-refractivity contribution >= 4 is 11.8 Å². The van der Waals surface area contributed by atoms with Gasteiger partial charge in [-0.05, 0) is 56.8 Å². The lowest BCUT2D eigenvalue weighted by Crippen LogP contribution is -2.22. The maximum absolute atomic E-state index is 2.46. The highest BCUT2D eigenvalue weighted by Gasteiger charge is 2.09. The van der Waals surface area contributed by atoms with Crippen molar-refractivity contribution in [2.24, 2.45) is 5.41 Å². The third kappa shape index (κ3) is 10.4. The van der Waals surface area contributed by atoms with E-state index in [1.807, 2.05) is 11.8 Å². The molecular formula is C12H27NS. The van der Waals surface area contributed by atoms with Crippen LogP contribution in [0.1, 0.15) is 40.0 Å². The van der Waals surface area contributed by atoms with Crippen LogP contribution in [0.3, 0.4) is 0 Å². The van der Waals surface area contributed by atoms with Gasteiger partial charge in [-0.25, -0.2) is 0 Å². The van der Waals surface area contributed by atoms with E-state index < -0.39 is 0 Å². The van der Waals surface area contributed by atoms with Crippen LogP contribution in [0.25, 0.3) is 0 Å². The van der Waals surface area contributed by atoms with Gasteiger partial charge in [0.2, 0.25) is 0 Å². The first-order chi connectivity index (χ1) is 6.45. The van der Waals surface area contributed by atoms with Crippen molar-refractivity contribution in [2.45, 2.75) is 40.0 Å². The molecule has 0 atom stereocenters. The topological polar surface area (TPSA) is 3.24 Å². The Labute approximate surface area is 94.6 Å². The van der Waals surface area contributed by atoms with E-state index in [0.29, 0.717) is 5.41 Å². The highest BCUT2D eigenvalue weighted by molar-refractivity contribution is 7.98. The number of thioether (sulfide) groups is 1. The summed E-state index contributed by atoms with van der Waals surface area (Å²) in [5.41, 5.74) is 0.500. The number of hydrogen-bond acceptors (Lipinski definition) is 2. The molecule has 14 heavy (non-hydrogen) atoms. The van der Waals surface area contributed by atoms with Crippen LogP contribution >= 0.6 is 11.8 Å². The van der Waals surface area contributed by atoms with Crippen LogP contribution in [0.5, 0.6) is 0 Å². The van der Waals surface area contributed by atoms with Crippen molar-refractivity contribution in [3.8, 4) is 0 Å². The summed E-state index contributed by atoms with van der Waals surface area (Å²) in [6.45, 7) is 9.47. The summed E-state index contributed by atoms with van der Waals surface area (Å²) >= 11 is 1.95. The van der Waals surface area contributed by atoms with E-state index >= 15 is 0 Å². The minimum absolute atomic E-state index is 0.500. The molecule has 0 aromatic heterocycles. The van der Waals surface area contributed by atoms with Gasteiger partial charge in [-0.2, -0.15) is 11.8 Å². The molecule has 0 aromatic rings. The van der Waals surface area contributed by atoms with Gasteiger partial charge in [0.15, 0.2) is 0 Å². The fourth-order valence-corrected chi connectivity index (χ4v) is 1.89. The molecule has 0 amide bonds. The Morgan fingerprint density at radius 3 is 2.14 bits per heavy atom. The summed E-state index contributed by atoms with van der Waals surface area (Å²) in [7, 11) is 2.24. The molecule has 0 aliphatic heterocycles. The molecule has 0 N–H and O–H groups in total. The average Bonchev–Trinajstić information content (AvgIpc) is 2.02. The van der Waals surface area contributed by atoms with E-state index in [4.69, 9.17) is 0 Å². The summed E-state index contributed by atoms with van der Waals surface area (Å²) in [4.78, 5) is 2.46. The van der Waals surface area contributed by atoms with E-state index in [9.17, 15) is 0 Å². The predicted octanol–water partition coefficient (Wildman–Crippen LogP) is 3.50. The second-order valence-corrected chi connectivity index (χ2v) is 6.30. The van der Waals surface area contributed by atoms with E-state index in [1.54, 1.807) is 0 Å². The molecule has 0 saturated heterocycles. The van der Waals surface area contributed by atoms with Crippen LogP contribution in [0.2, 0.25) is 0 Å². The molecule has 0 fully saturated rings. The highest BCUT2D eigenvalue weighted by Crippen LogP contribution is 2.20. The van der Waals surface area contributed by atoms with Crippen LogP contribution in [0.4, 0.5) is 0 Å². The molecule has 1 nitrogen and oxygen atoms in total. The van der Waals surface area contributed by atoms with Crippen molar-refractivity contribution in [3.63, 3.8) is 0 Å². The van der Waals surface area contributed by atoms with Crippen LogP contribution < -0.4 is 0 Å². The Morgan fingerprint density at radius 2 is 1.64 bits per heavy atom. The van der Waals surface area contributed by atoms with Gasteiger partial charge in [0.1, 0.15) is 0 Å². The molecular weight excluding hydrogens is 190 g/mol. The van der Waals surface area contributed by atoms with Crippen molar-refractivity contribution in [2.75, 3.05) is 32.1 Å². The summed E-state index contributed by atoms with van der Waals surface area (Å²) in [5, 5.41) is 0. The summed E-state index contributed by atoms with van der Waals surface area (Å²) in [6.07, 6.45) is 6.17. The van der Waals surface area contributed by atoms with Gasteiger partial charge in [0.05, 0.1) is 0 Å². The average molecular weight is 217 g/mol. The first-order valence-electron chi connectivity index (χ1n) is 5.63. The third-order valence-electron chi connectivity index (χ3n) is 2.35. The van der Waals surface area contributed by atoms with Gasteiger partial charge in [0, 0.05) is 0 Å². The minimum Gasteiger partial charge on any atom is -0.306 e. The van der Waals surface area contributed by atoms with Crippen molar-refractivity contribution in [3.05, 3.63) is 0 Å². The summed E-state index contributed by atoms with van der Waals surface area (Å²) in [6, 6.07) is 0. The second kappa shape index (κ2) is 7.58. The maximum Gasteiger partial charge on any atom is -0.00139 e. The Morgan fingerprint density at radius 1 is 1.07 bits per heavy atom. The molecule has 0 heterocycles. The van der Waals surface area contributed by atoms with E-state index in [1.165, 1.54) is 38.1 Å². The van der Waals surface area contributed by atoms with Gasteiger partial charge in [-0.15, -0.1) is 0 Å². The number of nitrogens with zero attached hydrogens (tertiary/aromatic N) is 1. The van der Waals surface area contributed by atoms with Crippen molar-refractivity contribution in [1.82, 2.24) is 4.90 Å². The van der Waals surface area contributed by atoms with Gasteiger partial charge in [0.25, 0.3) is 0 Å². The Bertz CT molecular complexity index is 129. The standard InChI is InChI=1S/C12H27NS/c1-12(2,3)8-6-9-13(4)10-7-11-14-5/h6-11H2,1-5H3. The highest BCUT2D eigenvalue weighted by atomic mass is 32.2. The molecule has 86 valence electrons. The Kier molecular flexibility index (Phi) is 7.75. The fraction of sp³-hybridized carbons (Fsp3) is 1.00. The van der Waals surface area contributed by atoms with E-state index in [2.05, 4.69) is 39.0 Å². The zero-order chi connectivity index (χ0) is 11.0. The van der Waals surface area contributed by atoms with E-state index in [-0.39, 0.29) is 0 Å². The first-order valence-corrected chi connectivity index (χ1v) is 7.02. The van der Waals surface area contributed by atoms with Crippen LogP contribution in [-0.4, -0.2) is 37.0 Å². The van der Waals surface area contributed by atoms with Gasteiger partial charge >= 0.3 is 0 Å². The lowest BCUT2D eigenvalue weighted by atomic mass is 9.90. The lowest BCUT2D eigenvalue weighted by molar-refractivity contribution is 0.288. The van der Waals surface area contributed by atoms with Crippen molar-refractivity contribution in [1.29, 1.82) is 0 Å². The molecule has 0 rings (SSSR count). The molecule has 0 aliphatic rings.